The molecular weight excluding hydrogens is 470 g/mol. The van der Waals surface area contributed by atoms with Gasteiger partial charge in [-0.05, 0) is 68.0 Å². The number of fused-ring (bicyclic) bond motifs is 2. The van der Waals surface area contributed by atoms with Crippen LogP contribution >= 0.6 is 0 Å². The molecule has 6 rings (SSSR count). The number of hydrogen-bond donors (Lipinski definition) is 2. The predicted octanol–water partition coefficient (Wildman–Crippen LogP) is 4.77. The number of pyridine rings is 3. The van der Waals surface area contributed by atoms with Gasteiger partial charge >= 0.3 is 0 Å². The zero-order valence-electron chi connectivity index (χ0n) is 23.1. The molecule has 0 unspecified atom stereocenters. The molecule has 0 saturated carbocycles. The lowest BCUT2D eigenvalue weighted by atomic mass is 9.97. The molecule has 198 valence electrons. The molecule has 0 aromatic carbocycles. The molecule has 0 spiro atoms. The quantitative estimate of drug-likeness (QED) is 0.390. The minimum absolute atomic E-state index is 0.370. The van der Waals surface area contributed by atoms with Crippen molar-refractivity contribution in [3.63, 3.8) is 0 Å². The van der Waals surface area contributed by atoms with Gasteiger partial charge in [0.2, 0.25) is 0 Å². The van der Waals surface area contributed by atoms with Crippen molar-refractivity contribution in [1.82, 2.24) is 30.2 Å². The van der Waals surface area contributed by atoms with E-state index in [1.165, 1.54) is 33.6 Å². The maximum absolute atomic E-state index is 5.29. The summed E-state index contributed by atoms with van der Waals surface area (Å²) >= 11 is 0. The normalized spacial score (nSPS) is 16.4. The SMILES string of the molecule is Cc1cc(-c2[nH]c3cc4c(nc3c2C(C)C)CN(CCc2ccc(N3CCNCC3)nc2)CC4)cc(C)n1. The van der Waals surface area contributed by atoms with Crippen molar-refractivity contribution >= 4 is 16.9 Å². The highest BCUT2D eigenvalue weighted by Crippen LogP contribution is 2.36. The van der Waals surface area contributed by atoms with Gasteiger partial charge in [-0.2, -0.15) is 0 Å². The Morgan fingerprint density at radius 2 is 1.76 bits per heavy atom. The number of aryl methyl sites for hydroxylation is 2. The third-order valence-corrected chi connectivity index (χ3v) is 7.96. The lowest BCUT2D eigenvalue weighted by molar-refractivity contribution is 0.253. The van der Waals surface area contributed by atoms with Gasteiger partial charge in [-0.25, -0.2) is 9.97 Å². The fourth-order valence-corrected chi connectivity index (χ4v) is 6.03. The Bertz CT molecular complexity index is 1410. The number of H-pyrrole nitrogens is 1. The summed E-state index contributed by atoms with van der Waals surface area (Å²) in [6, 6.07) is 11.1. The Balaban J connectivity index is 1.20. The van der Waals surface area contributed by atoms with Gasteiger partial charge < -0.3 is 15.2 Å². The number of rotatable bonds is 6. The molecule has 2 N–H and O–H groups in total. The number of aromatic nitrogens is 4. The Labute approximate surface area is 225 Å². The van der Waals surface area contributed by atoms with Crippen LogP contribution in [-0.2, 0) is 19.4 Å². The summed E-state index contributed by atoms with van der Waals surface area (Å²) < 4.78 is 0. The van der Waals surface area contributed by atoms with Crippen molar-refractivity contribution in [3.8, 4) is 11.3 Å². The molecule has 38 heavy (non-hydrogen) atoms. The molecule has 1 saturated heterocycles. The second-order valence-electron chi connectivity index (χ2n) is 11.2. The number of anilines is 1. The molecule has 0 atom stereocenters. The molecule has 6 heterocycles. The largest absolute Gasteiger partial charge is 0.354 e. The van der Waals surface area contributed by atoms with Crippen molar-refractivity contribution in [1.29, 1.82) is 0 Å². The van der Waals surface area contributed by atoms with Gasteiger partial charge in [0.15, 0.2) is 0 Å². The molecule has 2 aliphatic rings. The fourth-order valence-electron chi connectivity index (χ4n) is 6.03. The number of hydrogen-bond acceptors (Lipinski definition) is 6. The first-order chi connectivity index (χ1) is 18.4. The summed E-state index contributed by atoms with van der Waals surface area (Å²) in [4.78, 5) is 23.3. The standard InChI is InChI=1S/C31H39N7/c1-20(2)29-30(25-15-21(3)34-22(4)16-25)35-26-17-24-8-12-37(19-27(24)36-31(26)29)11-7-23-5-6-28(33-18-23)38-13-9-32-10-14-38/h5-6,15-18,20,32,35H,7-14,19H2,1-4H3. The van der Waals surface area contributed by atoms with Crippen LogP contribution < -0.4 is 10.2 Å². The van der Waals surface area contributed by atoms with Crippen molar-refractivity contribution in [2.24, 2.45) is 0 Å². The Kier molecular flexibility index (Phi) is 6.89. The molecule has 0 bridgehead atoms. The van der Waals surface area contributed by atoms with E-state index < -0.39 is 0 Å². The van der Waals surface area contributed by atoms with E-state index in [2.05, 4.69) is 89.3 Å². The molecule has 7 heteroatoms. The molecule has 4 aromatic heterocycles. The predicted molar refractivity (Wildman–Crippen MR) is 155 cm³/mol. The van der Waals surface area contributed by atoms with Gasteiger partial charge in [-0.1, -0.05) is 19.9 Å². The maximum atomic E-state index is 5.29. The zero-order chi connectivity index (χ0) is 26.2. The van der Waals surface area contributed by atoms with Gasteiger partial charge in [-0.3, -0.25) is 9.88 Å². The van der Waals surface area contributed by atoms with E-state index in [4.69, 9.17) is 9.97 Å². The zero-order valence-corrected chi connectivity index (χ0v) is 23.1. The number of piperazine rings is 1. The van der Waals surface area contributed by atoms with Crippen LogP contribution in [0.5, 0.6) is 0 Å². The molecule has 7 nitrogen and oxygen atoms in total. The highest BCUT2D eigenvalue weighted by atomic mass is 15.2. The highest BCUT2D eigenvalue weighted by molar-refractivity contribution is 5.89. The molecule has 1 fully saturated rings. The maximum Gasteiger partial charge on any atom is 0.128 e. The van der Waals surface area contributed by atoms with E-state index in [-0.39, 0.29) is 0 Å². The number of aromatic amines is 1. The molecule has 2 aliphatic heterocycles. The fraction of sp³-hybridized carbons (Fsp3) is 0.452. The van der Waals surface area contributed by atoms with Crippen LogP contribution in [0.3, 0.4) is 0 Å². The van der Waals surface area contributed by atoms with Gasteiger partial charge in [0, 0.05) is 74.5 Å². The highest BCUT2D eigenvalue weighted by Gasteiger charge is 2.23. The Morgan fingerprint density at radius 3 is 2.47 bits per heavy atom. The monoisotopic (exact) mass is 509 g/mol. The van der Waals surface area contributed by atoms with Crippen molar-refractivity contribution in [2.75, 3.05) is 44.2 Å². The summed E-state index contributed by atoms with van der Waals surface area (Å²) in [6.45, 7) is 15.8. The van der Waals surface area contributed by atoms with Crippen molar-refractivity contribution in [3.05, 3.63) is 70.3 Å². The third-order valence-electron chi connectivity index (χ3n) is 7.96. The van der Waals surface area contributed by atoms with Gasteiger partial charge in [-0.15, -0.1) is 0 Å². The van der Waals surface area contributed by atoms with E-state index in [9.17, 15) is 0 Å². The van der Waals surface area contributed by atoms with Crippen molar-refractivity contribution in [2.45, 2.75) is 53.0 Å². The molecule has 0 radical (unpaired) electrons. The van der Waals surface area contributed by atoms with Crippen LogP contribution in [0, 0.1) is 13.8 Å². The summed E-state index contributed by atoms with van der Waals surface area (Å²) in [5.41, 5.74) is 12.0. The van der Waals surface area contributed by atoms with Gasteiger partial charge in [0.25, 0.3) is 0 Å². The van der Waals surface area contributed by atoms with Crippen LogP contribution in [0.1, 0.15) is 53.5 Å². The minimum Gasteiger partial charge on any atom is -0.354 e. The molecule has 0 amide bonds. The first-order valence-electron chi connectivity index (χ1n) is 14.1. The van der Waals surface area contributed by atoms with Gasteiger partial charge in [0.1, 0.15) is 5.82 Å². The number of nitrogens with one attached hydrogen (secondary N) is 2. The average molecular weight is 510 g/mol. The van der Waals surface area contributed by atoms with Crippen molar-refractivity contribution < 1.29 is 0 Å². The van der Waals surface area contributed by atoms with E-state index >= 15 is 0 Å². The van der Waals surface area contributed by atoms with E-state index in [0.717, 1.165) is 86.9 Å². The summed E-state index contributed by atoms with van der Waals surface area (Å²) in [5.74, 6) is 1.47. The van der Waals surface area contributed by atoms with E-state index in [1.54, 1.807) is 0 Å². The number of nitrogens with zero attached hydrogens (tertiary/aromatic N) is 5. The molecular formula is C31H39N7. The average Bonchev–Trinajstić information content (AvgIpc) is 3.29. The van der Waals surface area contributed by atoms with E-state index in [1.807, 2.05) is 0 Å². The Hall–Kier alpha value is -3.29. The van der Waals surface area contributed by atoms with Crippen LogP contribution in [0.4, 0.5) is 5.82 Å². The Morgan fingerprint density at radius 1 is 0.974 bits per heavy atom. The topological polar surface area (TPSA) is 73.0 Å². The first kappa shape index (κ1) is 25.0. The second kappa shape index (κ2) is 10.5. The molecule has 4 aromatic rings. The smallest absolute Gasteiger partial charge is 0.128 e. The van der Waals surface area contributed by atoms with Gasteiger partial charge in [0.05, 0.1) is 22.4 Å². The summed E-state index contributed by atoms with van der Waals surface area (Å²) in [6.07, 6.45) is 4.12. The molecule has 0 aliphatic carbocycles. The van der Waals surface area contributed by atoms with Crippen LogP contribution in [-0.4, -0.2) is 64.1 Å². The third kappa shape index (κ3) is 5.05. The lowest BCUT2D eigenvalue weighted by Crippen LogP contribution is -2.43. The van der Waals surface area contributed by atoms with Crippen LogP contribution in [0.15, 0.2) is 36.5 Å². The van der Waals surface area contributed by atoms with Crippen LogP contribution in [0.2, 0.25) is 0 Å². The second-order valence-corrected chi connectivity index (χ2v) is 11.2. The summed E-state index contributed by atoms with van der Waals surface area (Å²) in [7, 11) is 0. The van der Waals surface area contributed by atoms with E-state index in [0.29, 0.717) is 5.92 Å². The minimum atomic E-state index is 0.370. The lowest BCUT2D eigenvalue weighted by Gasteiger charge is -2.29. The summed E-state index contributed by atoms with van der Waals surface area (Å²) in [5, 5.41) is 3.41. The van der Waals surface area contributed by atoms with Crippen LogP contribution in [0.25, 0.3) is 22.3 Å². The first-order valence-corrected chi connectivity index (χ1v) is 14.1.